The maximum Gasteiger partial charge on any atom is 0.355 e. The van der Waals surface area contributed by atoms with Gasteiger partial charge < -0.3 is 34.5 Å². The van der Waals surface area contributed by atoms with Crippen LogP contribution in [0.3, 0.4) is 0 Å². The predicted octanol–water partition coefficient (Wildman–Crippen LogP) is 1.09. The Labute approximate surface area is 161 Å². The lowest BCUT2D eigenvalue weighted by Gasteiger charge is -2.09. The van der Waals surface area contributed by atoms with Crippen LogP contribution in [0.5, 0.6) is 0 Å². The van der Waals surface area contributed by atoms with Crippen LogP contribution >= 0.6 is 0 Å². The summed E-state index contributed by atoms with van der Waals surface area (Å²) in [5.41, 5.74) is 1.03. The van der Waals surface area contributed by atoms with E-state index in [0.717, 1.165) is 5.56 Å². The van der Waals surface area contributed by atoms with Crippen LogP contribution in [0.25, 0.3) is 0 Å². The molecule has 1 aromatic carbocycles. The fourth-order valence-electron chi connectivity index (χ4n) is 2.53. The SMILES string of the molecule is O=C(O)c1[nH]c(C(=O)OCc2ccccc2)c(COCCO)c1COCCO. The van der Waals surface area contributed by atoms with Gasteiger partial charge in [-0.05, 0) is 5.56 Å². The van der Waals surface area contributed by atoms with Gasteiger partial charge in [-0.15, -0.1) is 0 Å². The Balaban J connectivity index is 2.26. The maximum atomic E-state index is 12.6. The number of aromatic nitrogens is 1. The van der Waals surface area contributed by atoms with E-state index in [0.29, 0.717) is 0 Å². The average Bonchev–Trinajstić information content (AvgIpc) is 3.06. The number of carbonyl (C=O) groups excluding carboxylic acids is 1. The monoisotopic (exact) mass is 393 g/mol. The lowest BCUT2D eigenvalue weighted by molar-refractivity contribution is 0.0452. The number of carboxylic acid groups (broad SMARTS) is 1. The van der Waals surface area contributed by atoms with Gasteiger partial charge in [-0.1, -0.05) is 30.3 Å². The summed E-state index contributed by atoms with van der Waals surface area (Å²) in [7, 11) is 0. The van der Waals surface area contributed by atoms with Crippen molar-refractivity contribution < 1.29 is 39.1 Å². The minimum absolute atomic E-state index is 0.00889. The van der Waals surface area contributed by atoms with Gasteiger partial charge in [0.05, 0.1) is 39.6 Å². The first-order valence-electron chi connectivity index (χ1n) is 8.63. The number of ether oxygens (including phenoxy) is 3. The zero-order valence-electron chi connectivity index (χ0n) is 15.2. The number of hydrogen-bond acceptors (Lipinski definition) is 7. The Morgan fingerprint density at radius 1 is 0.857 bits per heavy atom. The highest BCUT2D eigenvalue weighted by Gasteiger charge is 2.26. The standard InChI is InChI=1S/C19H23NO8/c21-6-8-26-11-14-15(12-27-9-7-22)17(20-16(14)18(23)24)19(25)28-10-13-4-2-1-3-5-13/h1-5,20-22H,6-12H2,(H,23,24). The first-order chi connectivity index (χ1) is 13.6. The zero-order chi connectivity index (χ0) is 20.4. The number of benzene rings is 1. The highest BCUT2D eigenvalue weighted by Crippen LogP contribution is 2.23. The second-order valence-electron chi connectivity index (χ2n) is 5.75. The molecule has 152 valence electrons. The average molecular weight is 393 g/mol. The number of carbonyl (C=O) groups is 2. The number of nitrogens with one attached hydrogen (secondary N) is 1. The van der Waals surface area contributed by atoms with Crippen molar-refractivity contribution >= 4 is 11.9 Å². The Hall–Kier alpha value is -2.72. The highest BCUT2D eigenvalue weighted by molar-refractivity contribution is 5.95. The normalized spacial score (nSPS) is 10.8. The Morgan fingerprint density at radius 2 is 1.43 bits per heavy atom. The summed E-state index contributed by atoms with van der Waals surface area (Å²) in [5.74, 6) is -2.00. The van der Waals surface area contributed by atoms with Crippen molar-refractivity contribution in [1.29, 1.82) is 0 Å². The minimum atomic E-state index is -1.27. The first kappa shape index (κ1) is 21.6. The van der Waals surface area contributed by atoms with Crippen LogP contribution in [0.1, 0.15) is 37.7 Å². The van der Waals surface area contributed by atoms with E-state index in [1.165, 1.54) is 0 Å². The Kier molecular flexibility index (Phi) is 8.63. The molecule has 0 radical (unpaired) electrons. The van der Waals surface area contributed by atoms with Crippen molar-refractivity contribution in [2.45, 2.75) is 19.8 Å². The second-order valence-corrected chi connectivity index (χ2v) is 5.75. The minimum Gasteiger partial charge on any atom is -0.477 e. The highest BCUT2D eigenvalue weighted by atomic mass is 16.5. The molecule has 0 aliphatic carbocycles. The molecular weight excluding hydrogens is 370 g/mol. The lowest BCUT2D eigenvalue weighted by atomic mass is 10.1. The molecule has 0 unspecified atom stereocenters. The van der Waals surface area contributed by atoms with E-state index in [9.17, 15) is 14.7 Å². The summed E-state index contributed by atoms with van der Waals surface area (Å²) in [6.07, 6.45) is 0. The van der Waals surface area contributed by atoms with Gasteiger partial charge in [-0.2, -0.15) is 0 Å². The van der Waals surface area contributed by atoms with Crippen molar-refractivity contribution in [2.24, 2.45) is 0 Å². The third-order valence-electron chi connectivity index (χ3n) is 3.81. The number of esters is 1. The molecule has 1 aromatic heterocycles. The number of aliphatic hydroxyl groups is 2. The molecule has 28 heavy (non-hydrogen) atoms. The van der Waals surface area contributed by atoms with Gasteiger partial charge in [0.25, 0.3) is 0 Å². The number of rotatable bonds is 12. The van der Waals surface area contributed by atoms with Crippen molar-refractivity contribution in [1.82, 2.24) is 4.98 Å². The molecule has 0 saturated heterocycles. The summed E-state index contributed by atoms with van der Waals surface area (Å²) in [4.78, 5) is 26.7. The molecule has 0 aliphatic heterocycles. The van der Waals surface area contributed by atoms with Crippen LogP contribution in [0.15, 0.2) is 30.3 Å². The number of H-pyrrole nitrogens is 1. The predicted molar refractivity (Wildman–Crippen MR) is 96.8 cm³/mol. The van der Waals surface area contributed by atoms with Crippen LogP contribution in [0, 0.1) is 0 Å². The molecule has 0 bridgehead atoms. The summed E-state index contributed by atoms with van der Waals surface area (Å²) in [6.45, 7) is -0.651. The number of hydrogen-bond donors (Lipinski definition) is 4. The topological polar surface area (TPSA) is 138 Å². The molecule has 1 heterocycles. The van der Waals surface area contributed by atoms with E-state index >= 15 is 0 Å². The third-order valence-corrected chi connectivity index (χ3v) is 3.81. The molecule has 0 aliphatic rings. The van der Waals surface area contributed by atoms with Crippen LogP contribution in [-0.2, 0) is 34.0 Å². The second kappa shape index (κ2) is 11.2. The Bertz CT molecular complexity index is 772. The molecule has 4 N–H and O–H groups in total. The molecule has 2 aromatic rings. The first-order valence-corrected chi connectivity index (χ1v) is 8.63. The molecule has 0 amide bonds. The van der Waals surface area contributed by atoms with E-state index in [4.69, 9.17) is 24.4 Å². The molecule has 0 atom stereocenters. The van der Waals surface area contributed by atoms with Crippen molar-refractivity contribution in [2.75, 3.05) is 26.4 Å². The van der Waals surface area contributed by atoms with Crippen LogP contribution in [0.2, 0.25) is 0 Å². The largest absolute Gasteiger partial charge is 0.477 e. The van der Waals surface area contributed by atoms with Gasteiger partial charge in [-0.3, -0.25) is 0 Å². The maximum absolute atomic E-state index is 12.6. The van der Waals surface area contributed by atoms with Gasteiger partial charge >= 0.3 is 11.9 Å². The van der Waals surface area contributed by atoms with Crippen LogP contribution < -0.4 is 0 Å². The van der Waals surface area contributed by atoms with Gasteiger partial charge in [0.2, 0.25) is 0 Å². The number of aromatic carboxylic acids is 1. The Morgan fingerprint density at radius 3 is 1.96 bits per heavy atom. The van der Waals surface area contributed by atoms with Crippen molar-refractivity contribution in [3.8, 4) is 0 Å². The van der Waals surface area contributed by atoms with E-state index in [1.807, 2.05) is 18.2 Å². The van der Waals surface area contributed by atoms with E-state index in [2.05, 4.69) is 4.98 Å². The van der Waals surface area contributed by atoms with E-state index < -0.39 is 11.9 Å². The molecular formula is C19H23NO8. The zero-order valence-corrected chi connectivity index (χ0v) is 15.2. The van der Waals surface area contributed by atoms with Gasteiger partial charge in [0.1, 0.15) is 18.0 Å². The smallest absolute Gasteiger partial charge is 0.355 e. The molecule has 9 heteroatoms. The molecule has 9 nitrogen and oxygen atoms in total. The van der Waals surface area contributed by atoms with Crippen LogP contribution in [-0.4, -0.2) is 58.7 Å². The fourth-order valence-corrected chi connectivity index (χ4v) is 2.53. The number of aromatic amines is 1. The van der Waals surface area contributed by atoms with Crippen molar-refractivity contribution in [3.63, 3.8) is 0 Å². The molecule has 0 saturated carbocycles. The van der Waals surface area contributed by atoms with Gasteiger partial charge in [0.15, 0.2) is 0 Å². The van der Waals surface area contributed by atoms with Crippen LogP contribution in [0.4, 0.5) is 0 Å². The van der Waals surface area contributed by atoms with Gasteiger partial charge in [0, 0.05) is 11.1 Å². The molecule has 0 fully saturated rings. The summed E-state index contributed by atoms with van der Waals surface area (Å²) in [6, 6.07) is 9.05. The number of aliphatic hydroxyl groups excluding tert-OH is 2. The third kappa shape index (κ3) is 5.89. The quantitative estimate of drug-likeness (QED) is 0.310. The van der Waals surface area contributed by atoms with Gasteiger partial charge in [-0.25, -0.2) is 9.59 Å². The fraction of sp³-hybridized carbons (Fsp3) is 0.368. The number of carboxylic acids is 1. The molecule has 0 spiro atoms. The van der Waals surface area contributed by atoms with Crippen molar-refractivity contribution in [3.05, 3.63) is 58.4 Å². The summed E-state index contributed by atoms with van der Waals surface area (Å²) >= 11 is 0. The van der Waals surface area contributed by atoms with E-state index in [1.54, 1.807) is 12.1 Å². The molecule has 2 rings (SSSR count). The lowest BCUT2D eigenvalue weighted by Crippen LogP contribution is -2.11. The summed E-state index contributed by atoms with van der Waals surface area (Å²) < 4.78 is 15.8. The summed E-state index contributed by atoms with van der Waals surface area (Å²) in [5, 5.41) is 27.2. The van der Waals surface area contributed by atoms with E-state index in [-0.39, 0.29) is 68.8 Å².